The number of hydrogen-bond donors (Lipinski definition) is 3. The van der Waals surface area contributed by atoms with Crippen LogP contribution in [-0.2, 0) is 4.79 Å². The van der Waals surface area contributed by atoms with Crippen LogP contribution in [0.25, 0.3) is 0 Å². The molecule has 5 N–H and O–H groups in total. The Morgan fingerprint density at radius 3 is 2.79 bits per heavy atom. The largest absolute Gasteiger partial charge is 0.370 e. The molecule has 1 aliphatic heterocycles. The molecule has 7 nitrogen and oxygen atoms in total. The van der Waals surface area contributed by atoms with Crippen LogP contribution >= 0.6 is 0 Å². The third kappa shape index (κ3) is 3.28. The second kappa shape index (κ2) is 5.79. The van der Waals surface area contributed by atoms with Gasteiger partial charge in [-0.25, -0.2) is 15.2 Å². The lowest BCUT2D eigenvalue weighted by Crippen LogP contribution is -2.36. The van der Waals surface area contributed by atoms with E-state index >= 15 is 0 Å². The number of piperidine rings is 1. The molecule has 2 heterocycles. The van der Waals surface area contributed by atoms with E-state index in [2.05, 4.69) is 15.4 Å². The molecule has 1 saturated heterocycles. The van der Waals surface area contributed by atoms with Gasteiger partial charge in [0.15, 0.2) is 11.6 Å². The number of primary amides is 1. The van der Waals surface area contributed by atoms with Gasteiger partial charge in [0.05, 0.1) is 6.20 Å². The highest BCUT2D eigenvalue weighted by Gasteiger charge is 2.23. The first-order valence-corrected chi connectivity index (χ1v) is 6.12. The number of aromatic nitrogens is 2. The average Bonchev–Trinajstić information content (AvgIpc) is 2.40. The molecule has 0 aliphatic carbocycles. The van der Waals surface area contributed by atoms with E-state index in [4.69, 9.17) is 11.6 Å². The fraction of sp³-hybridized carbons (Fsp3) is 0.545. The van der Waals surface area contributed by atoms with Crippen LogP contribution in [0.4, 0.5) is 16.2 Å². The zero-order chi connectivity index (χ0) is 13.8. The number of nitrogens with one attached hydrogen (secondary N) is 1. The van der Waals surface area contributed by atoms with Crippen molar-refractivity contribution in [3.8, 4) is 0 Å². The molecule has 1 aromatic heterocycles. The molecule has 0 bridgehead atoms. The van der Waals surface area contributed by atoms with E-state index in [1.54, 1.807) is 0 Å². The first-order chi connectivity index (χ1) is 9.10. The summed E-state index contributed by atoms with van der Waals surface area (Å²) in [6.45, 7) is 1.27. The van der Waals surface area contributed by atoms with Gasteiger partial charge in [0, 0.05) is 19.5 Å². The van der Waals surface area contributed by atoms with Gasteiger partial charge in [0.2, 0.25) is 11.9 Å². The molecular weight excluding hydrogens is 251 g/mol. The summed E-state index contributed by atoms with van der Waals surface area (Å²) in [5.74, 6) is 5.12. The number of halogens is 1. The number of anilines is 2. The minimum atomic E-state index is -0.479. The number of nitrogens with two attached hydrogens (primary N) is 2. The zero-order valence-electron chi connectivity index (χ0n) is 10.5. The Balaban J connectivity index is 2.03. The van der Waals surface area contributed by atoms with Gasteiger partial charge in [-0.2, -0.15) is 4.98 Å². The second-order valence-electron chi connectivity index (χ2n) is 4.61. The number of carbonyl (C=O) groups excluding carboxylic acids is 1. The van der Waals surface area contributed by atoms with E-state index in [1.165, 1.54) is 0 Å². The number of nitrogen functional groups attached to an aromatic ring is 1. The Hall–Kier alpha value is -1.96. The standard InChI is InChI=1S/C11H17FN6O/c12-8-6-15-11(17-14)16-10(8)18-3-1-7(2-4-18)5-9(13)19/h6-7H,1-5,14H2,(H2,13,19)(H,15,16,17). The second-order valence-corrected chi connectivity index (χ2v) is 4.61. The summed E-state index contributed by atoms with van der Waals surface area (Å²) in [6, 6.07) is 0. The van der Waals surface area contributed by atoms with Gasteiger partial charge in [-0.1, -0.05) is 0 Å². The predicted molar refractivity (Wildman–Crippen MR) is 68.5 cm³/mol. The van der Waals surface area contributed by atoms with Gasteiger partial charge in [-0.05, 0) is 18.8 Å². The summed E-state index contributed by atoms with van der Waals surface area (Å²) in [6.07, 6.45) is 3.05. The van der Waals surface area contributed by atoms with Crippen molar-refractivity contribution >= 4 is 17.7 Å². The SMILES string of the molecule is NNc1ncc(F)c(N2CCC(CC(N)=O)CC2)n1. The van der Waals surface area contributed by atoms with E-state index < -0.39 is 5.82 Å². The van der Waals surface area contributed by atoms with Crippen LogP contribution in [0.2, 0.25) is 0 Å². The monoisotopic (exact) mass is 268 g/mol. The summed E-state index contributed by atoms with van der Waals surface area (Å²) in [5.41, 5.74) is 7.47. The number of amides is 1. The van der Waals surface area contributed by atoms with Crippen molar-refractivity contribution in [2.75, 3.05) is 23.4 Å². The van der Waals surface area contributed by atoms with E-state index in [0.29, 0.717) is 19.5 Å². The fourth-order valence-corrected chi connectivity index (χ4v) is 2.28. The lowest BCUT2D eigenvalue weighted by Gasteiger charge is -2.32. The smallest absolute Gasteiger partial charge is 0.239 e. The maximum atomic E-state index is 13.7. The molecule has 1 amide bonds. The molecule has 104 valence electrons. The quantitative estimate of drug-likeness (QED) is 0.523. The van der Waals surface area contributed by atoms with Crippen molar-refractivity contribution in [1.29, 1.82) is 0 Å². The Morgan fingerprint density at radius 2 is 2.21 bits per heavy atom. The number of hydrogen-bond acceptors (Lipinski definition) is 6. The molecule has 2 rings (SSSR count). The minimum Gasteiger partial charge on any atom is -0.370 e. The molecule has 0 unspecified atom stereocenters. The molecule has 1 aromatic rings. The molecule has 0 aromatic carbocycles. The molecule has 0 spiro atoms. The van der Waals surface area contributed by atoms with Gasteiger partial charge in [-0.15, -0.1) is 0 Å². The van der Waals surface area contributed by atoms with Crippen LogP contribution in [0, 0.1) is 11.7 Å². The summed E-state index contributed by atoms with van der Waals surface area (Å²) < 4.78 is 13.7. The molecule has 0 radical (unpaired) electrons. The van der Waals surface area contributed by atoms with Crippen LogP contribution in [0.3, 0.4) is 0 Å². The summed E-state index contributed by atoms with van der Waals surface area (Å²) in [7, 11) is 0. The molecule has 1 fully saturated rings. The average molecular weight is 268 g/mol. The van der Waals surface area contributed by atoms with E-state index in [0.717, 1.165) is 19.0 Å². The van der Waals surface area contributed by atoms with Crippen molar-refractivity contribution in [3.05, 3.63) is 12.0 Å². The number of hydrazine groups is 1. The molecule has 0 atom stereocenters. The Morgan fingerprint density at radius 1 is 1.53 bits per heavy atom. The van der Waals surface area contributed by atoms with Crippen molar-refractivity contribution < 1.29 is 9.18 Å². The molecular formula is C11H17FN6O. The topological polar surface area (TPSA) is 110 Å². The number of rotatable bonds is 4. The van der Waals surface area contributed by atoms with Crippen LogP contribution in [0.1, 0.15) is 19.3 Å². The van der Waals surface area contributed by atoms with E-state index in [1.807, 2.05) is 4.90 Å². The summed E-state index contributed by atoms with van der Waals surface area (Å²) >= 11 is 0. The number of nitrogens with zero attached hydrogens (tertiary/aromatic N) is 3. The van der Waals surface area contributed by atoms with Crippen molar-refractivity contribution in [2.24, 2.45) is 17.5 Å². The number of carbonyl (C=O) groups is 1. The van der Waals surface area contributed by atoms with Gasteiger partial charge in [-0.3, -0.25) is 10.2 Å². The lowest BCUT2D eigenvalue weighted by atomic mass is 9.93. The highest BCUT2D eigenvalue weighted by molar-refractivity contribution is 5.74. The molecule has 8 heteroatoms. The van der Waals surface area contributed by atoms with Crippen LogP contribution in [0.5, 0.6) is 0 Å². The van der Waals surface area contributed by atoms with Crippen LogP contribution in [-0.4, -0.2) is 29.0 Å². The maximum Gasteiger partial charge on any atom is 0.239 e. The summed E-state index contributed by atoms with van der Waals surface area (Å²) in [4.78, 5) is 20.4. The lowest BCUT2D eigenvalue weighted by molar-refractivity contribution is -0.119. The van der Waals surface area contributed by atoms with Crippen molar-refractivity contribution in [1.82, 2.24) is 9.97 Å². The molecule has 1 aliphatic rings. The molecule has 0 saturated carbocycles. The maximum absolute atomic E-state index is 13.7. The van der Waals surface area contributed by atoms with Crippen LogP contribution in [0.15, 0.2) is 6.20 Å². The van der Waals surface area contributed by atoms with Crippen molar-refractivity contribution in [3.63, 3.8) is 0 Å². The van der Waals surface area contributed by atoms with Gasteiger partial charge < -0.3 is 10.6 Å². The highest BCUT2D eigenvalue weighted by Crippen LogP contribution is 2.25. The zero-order valence-corrected chi connectivity index (χ0v) is 10.5. The highest BCUT2D eigenvalue weighted by atomic mass is 19.1. The Labute approximate surface area is 110 Å². The molecule has 19 heavy (non-hydrogen) atoms. The predicted octanol–water partition coefficient (Wildman–Crippen LogP) is -0.00690. The normalized spacial score (nSPS) is 16.4. The van der Waals surface area contributed by atoms with Gasteiger partial charge in [0.1, 0.15) is 0 Å². The van der Waals surface area contributed by atoms with E-state index in [9.17, 15) is 9.18 Å². The fourth-order valence-electron chi connectivity index (χ4n) is 2.28. The third-order valence-electron chi connectivity index (χ3n) is 3.26. The summed E-state index contributed by atoms with van der Waals surface area (Å²) in [5, 5.41) is 0. The third-order valence-corrected chi connectivity index (χ3v) is 3.26. The van der Waals surface area contributed by atoms with E-state index in [-0.39, 0.29) is 23.6 Å². The Kier molecular flexibility index (Phi) is 4.10. The Bertz CT molecular complexity index is 460. The van der Waals surface area contributed by atoms with Crippen LogP contribution < -0.4 is 21.9 Å². The van der Waals surface area contributed by atoms with Crippen molar-refractivity contribution in [2.45, 2.75) is 19.3 Å². The minimum absolute atomic E-state index is 0.177. The van der Waals surface area contributed by atoms with Gasteiger partial charge >= 0.3 is 0 Å². The first-order valence-electron chi connectivity index (χ1n) is 6.12. The van der Waals surface area contributed by atoms with Gasteiger partial charge in [0.25, 0.3) is 0 Å². The first kappa shape index (κ1) is 13.5.